The summed E-state index contributed by atoms with van der Waals surface area (Å²) in [6, 6.07) is 14.6. The summed E-state index contributed by atoms with van der Waals surface area (Å²) in [5.41, 5.74) is 2.46. The van der Waals surface area contributed by atoms with Gasteiger partial charge in [-0.25, -0.2) is 0 Å². The van der Waals surface area contributed by atoms with E-state index < -0.39 is 0 Å². The summed E-state index contributed by atoms with van der Waals surface area (Å²) in [6.07, 6.45) is 1.96. The summed E-state index contributed by atoms with van der Waals surface area (Å²) in [5.74, 6) is -0.490. The van der Waals surface area contributed by atoms with Gasteiger partial charge in [0, 0.05) is 27.8 Å². The largest absolute Gasteiger partial charge is 0.361 e. The summed E-state index contributed by atoms with van der Waals surface area (Å²) in [6.45, 7) is -0.0726. The predicted octanol–water partition coefficient (Wildman–Crippen LogP) is 3.12. The molecule has 6 heteroatoms. The molecule has 3 N–H and O–H groups in total. The molecule has 1 heterocycles. The molecule has 0 atom stereocenters. The molecule has 2 aromatic carbocycles. The van der Waals surface area contributed by atoms with E-state index in [1.54, 1.807) is 24.4 Å². The molecule has 122 valence electrons. The molecule has 0 spiro atoms. The van der Waals surface area contributed by atoms with Crippen molar-refractivity contribution in [3.8, 4) is 0 Å². The molecule has 0 saturated carbocycles. The number of H-pyrrole nitrogens is 1. The fourth-order valence-electron chi connectivity index (χ4n) is 2.44. The molecule has 0 bridgehead atoms. The predicted molar refractivity (Wildman–Crippen MR) is 95.1 cm³/mol. The maximum absolute atomic E-state index is 12.1. The molecule has 0 aliphatic heterocycles. The summed E-state index contributed by atoms with van der Waals surface area (Å²) in [5, 5.41) is 6.86. The number of hydrogen-bond donors (Lipinski definition) is 3. The average Bonchev–Trinajstić information content (AvgIpc) is 2.96. The van der Waals surface area contributed by atoms with Crippen LogP contribution < -0.4 is 10.6 Å². The average molecular weight is 342 g/mol. The number of carbonyl (C=O) groups is 2. The van der Waals surface area contributed by atoms with Crippen LogP contribution in [-0.4, -0.2) is 23.3 Å². The monoisotopic (exact) mass is 341 g/mol. The Morgan fingerprint density at radius 2 is 1.83 bits per heavy atom. The third kappa shape index (κ3) is 3.94. The minimum Gasteiger partial charge on any atom is -0.361 e. The molecule has 0 radical (unpaired) electrons. The van der Waals surface area contributed by atoms with E-state index in [1.165, 1.54) is 0 Å². The first-order chi connectivity index (χ1) is 11.6. The zero-order valence-electron chi connectivity index (χ0n) is 12.8. The molecule has 5 nitrogen and oxygen atoms in total. The number of anilines is 1. The Hall–Kier alpha value is -2.79. The second-order valence-electron chi connectivity index (χ2n) is 5.37. The maximum atomic E-state index is 12.1. The highest BCUT2D eigenvalue weighted by atomic mass is 35.5. The molecule has 0 saturated heterocycles. The Balaban J connectivity index is 1.55. The van der Waals surface area contributed by atoms with Gasteiger partial charge < -0.3 is 15.6 Å². The number of rotatable bonds is 5. The SMILES string of the molecule is O=C(Cc1c[nH]c2ccc(Cl)cc12)NCC(=O)Nc1ccccc1. The van der Waals surface area contributed by atoms with Crippen molar-refractivity contribution in [2.75, 3.05) is 11.9 Å². The first kappa shape index (κ1) is 16.1. The van der Waals surface area contributed by atoms with Gasteiger partial charge >= 0.3 is 0 Å². The van der Waals surface area contributed by atoms with Crippen LogP contribution in [0.5, 0.6) is 0 Å². The number of hydrogen-bond acceptors (Lipinski definition) is 2. The second kappa shape index (κ2) is 7.19. The fourth-order valence-corrected chi connectivity index (χ4v) is 2.61. The van der Waals surface area contributed by atoms with Crippen LogP contribution in [0.4, 0.5) is 5.69 Å². The minimum atomic E-state index is -0.267. The first-order valence-electron chi connectivity index (χ1n) is 7.49. The van der Waals surface area contributed by atoms with Crippen LogP contribution in [0.1, 0.15) is 5.56 Å². The van der Waals surface area contributed by atoms with Gasteiger partial charge in [-0.1, -0.05) is 29.8 Å². The molecule has 2 amide bonds. The van der Waals surface area contributed by atoms with Gasteiger partial charge in [-0.15, -0.1) is 0 Å². The van der Waals surface area contributed by atoms with E-state index in [2.05, 4.69) is 15.6 Å². The number of amides is 2. The normalized spacial score (nSPS) is 10.5. The number of para-hydroxylation sites is 1. The lowest BCUT2D eigenvalue weighted by Crippen LogP contribution is -2.33. The minimum absolute atomic E-state index is 0.0726. The highest BCUT2D eigenvalue weighted by Gasteiger charge is 2.10. The van der Waals surface area contributed by atoms with Gasteiger partial charge in [-0.05, 0) is 35.9 Å². The lowest BCUT2D eigenvalue weighted by Gasteiger charge is -2.06. The fraction of sp³-hybridized carbons (Fsp3) is 0.111. The van der Waals surface area contributed by atoms with Crippen molar-refractivity contribution in [3.05, 3.63) is 65.3 Å². The molecule has 24 heavy (non-hydrogen) atoms. The molecule has 0 fully saturated rings. The third-order valence-electron chi connectivity index (χ3n) is 3.58. The lowest BCUT2D eigenvalue weighted by molar-refractivity contribution is -0.123. The number of halogens is 1. The first-order valence-corrected chi connectivity index (χ1v) is 7.87. The summed E-state index contributed by atoms with van der Waals surface area (Å²) < 4.78 is 0. The van der Waals surface area contributed by atoms with E-state index in [0.29, 0.717) is 10.7 Å². The van der Waals surface area contributed by atoms with E-state index >= 15 is 0 Å². The molecule has 0 aliphatic carbocycles. The highest BCUT2D eigenvalue weighted by molar-refractivity contribution is 6.31. The van der Waals surface area contributed by atoms with Gasteiger partial charge in [0.25, 0.3) is 0 Å². The summed E-state index contributed by atoms with van der Waals surface area (Å²) in [4.78, 5) is 27.0. The molecule has 3 aromatic rings. The van der Waals surface area contributed by atoms with Gasteiger partial charge in [-0.3, -0.25) is 9.59 Å². The van der Waals surface area contributed by atoms with Crippen molar-refractivity contribution in [1.29, 1.82) is 0 Å². The Morgan fingerprint density at radius 1 is 1.04 bits per heavy atom. The maximum Gasteiger partial charge on any atom is 0.243 e. The van der Waals surface area contributed by atoms with Crippen molar-refractivity contribution in [2.24, 2.45) is 0 Å². The number of aromatic nitrogens is 1. The smallest absolute Gasteiger partial charge is 0.243 e. The number of carbonyl (C=O) groups excluding carboxylic acids is 2. The van der Waals surface area contributed by atoms with E-state index in [4.69, 9.17) is 11.6 Å². The number of fused-ring (bicyclic) bond motifs is 1. The zero-order valence-corrected chi connectivity index (χ0v) is 13.6. The molecule has 3 rings (SSSR count). The molecule has 0 aliphatic rings. The molecular formula is C18H16ClN3O2. The highest BCUT2D eigenvalue weighted by Crippen LogP contribution is 2.22. The molecular weight excluding hydrogens is 326 g/mol. The summed E-state index contributed by atoms with van der Waals surface area (Å²) >= 11 is 6.00. The standard InChI is InChI=1S/C18H16ClN3O2/c19-13-6-7-16-15(9-13)12(10-20-16)8-17(23)21-11-18(24)22-14-4-2-1-3-5-14/h1-7,9-10,20H,8,11H2,(H,21,23)(H,22,24). The molecule has 0 unspecified atom stereocenters. The van der Waals surface area contributed by atoms with Gasteiger partial charge in [0.1, 0.15) is 0 Å². The Morgan fingerprint density at radius 3 is 2.62 bits per heavy atom. The van der Waals surface area contributed by atoms with Gasteiger partial charge in [0.05, 0.1) is 13.0 Å². The zero-order chi connectivity index (χ0) is 16.9. The Kier molecular flexibility index (Phi) is 4.82. The Bertz CT molecular complexity index is 874. The Labute approximate surface area is 144 Å². The van der Waals surface area contributed by atoms with Crippen molar-refractivity contribution in [2.45, 2.75) is 6.42 Å². The van der Waals surface area contributed by atoms with E-state index in [1.807, 2.05) is 30.3 Å². The number of benzene rings is 2. The van der Waals surface area contributed by atoms with E-state index in [-0.39, 0.29) is 24.8 Å². The van der Waals surface area contributed by atoms with Gasteiger partial charge in [0.15, 0.2) is 0 Å². The van der Waals surface area contributed by atoms with Gasteiger partial charge in [0.2, 0.25) is 11.8 Å². The van der Waals surface area contributed by atoms with Crippen LogP contribution in [0.2, 0.25) is 5.02 Å². The van der Waals surface area contributed by atoms with E-state index in [9.17, 15) is 9.59 Å². The van der Waals surface area contributed by atoms with E-state index in [0.717, 1.165) is 16.5 Å². The van der Waals surface area contributed by atoms with Gasteiger partial charge in [-0.2, -0.15) is 0 Å². The number of nitrogens with one attached hydrogen (secondary N) is 3. The van der Waals surface area contributed by atoms with Crippen LogP contribution in [0, 0.1) is 0 Å². The van der Waals surface area contributed by atoms with Crippen LogP contribution >= 0.6 is 11.6 Å². The van der Waals surface area contributed by atoms with Crippen LogP contribution in [0.15, 0.2) is 54.7 Å². The van der Waals surface area contributed by atoms with Crippen molar-refractivity contribution in [3.63, 3.8) is 0 Å². The lowest BCUT2D eigenvalue weighted by atomic mass is 10.1. The van der Waals surface area contributed by atoms with Crippen molar-refractivity contribution < 1.29 is 9.59 Å². The summed E-state index contributed by atoms with van der Waals surface area (Å²) in [7, 11) is 0. The quantitative estimate of drug-likeness (QED) is 0.667. The second-order valence-corrected chi connectivity index (χ2v) is 5.81. The van der Waals surface area contributed by atoms with Crippen LogP contribution in [-0.2, 0) is 16.0 Å². The van der Waals surface area contributed by atoms with Crippen LogP contribution in [0.25, 0.3) is 10.9 Å². The molecule has 1 aromatic heterocycles. The topological polar surface area (TPSA) is 74.0 Å². The third-order valence-corrected chi connectivity index (χ3v) is 3.82. The number of aromatic amines is 1. The van der Waals surface area contributed by atoms with Crippen LogP contribution in [0.3, 0.4) is 0 Å². The van der Waals surface area contributed by atoms with Crippen molar-refractivity contribution >= 4 is 40.0 Å². The van der Waals surface area contributed by atoms with Crippen molar-refractivity contribution in [1.82, 2.24) is 10.3 Å².